The van der Waals surface area contributed by atoms with Crippen molar-refractivity contribution in [3.8, 4) is 0 Å². The summed E-state index contributed by atoms with van der Waals surface area (Å²) < 4.78 is 5.24. The van der Waals surface area contributed by atoms with Crippen LogP contribution in [-0.4, -0.2) is 34.0 Å². The number of unbranched alkanes of at least 4 members (excludes halogenated alkanes) is 1. The molecule has 1 saturated heterocycles. The number of likely N-dealkylation sites (tertiary alicyclic amines) is 1. The highest BCUT2D eigenvalue weighted by Crippen LogP contribution is 2.17. The average Bonchev–Trinajstić information content (AvgIpc) is 2.84. The first-order valence-electron chi connectivity index (χ1n) is 7.02. The Morgan fingerprint density at radius 3 is 3.16 bits per heavy atom. The van der Waals surface area contributed by atoms with Crippen molar-refractivity contribution in [2.24, 2.45) is 11.7 Å². The summed E-state index contributed by atoms with van der Waals surface area (Å²) in [6.07, 6.45) is 4.94. The number of carbonyl (C=O) groups excluding carboxylic acids is 1. The zero-order valence-corrected chi connectivity index (χ0v) is 11.5. The fraction of sp³-hybridized carbons (Fsp3) is 0.769. The molecule has 1 amide bonds. The van der Waals surface area contributed by atoms with Gasteiger partial charge in [0.1, 0.15) is 0 Å². The molecule has 1 fully saturated rings. The number of nitrogens with two attached hydrogens (primary N) is 1. The van der Waals surface area contributed by atoms with Crippen LogP contribution in [0.5, 0.6) is 0 Å². The van der Waals surface area contributed by atoms with Gasteiger partial charge in [0, 0.05) is 13.0 Å². The number of nitrogens with zero attached hydrogens (tertiary/aromatic N) is 3. The molecule has 6 heteroatoms. The van der Waals surface area contributed by atoms with Gasteiger partial charge in [0.2, 0.25) is 11.8 Å². The molecular formula is C13H22N4O2. The molecule has 0 radical (unpaired) electrons. The molecule has 0 aliphatic carbocycles. The summed E-state index contributed by atoms with van der Waals surface area (Å²) in [7, 11) is 0. The van der Waals surface area contributed by atoms with Crippen molar-refractivity contribution in [2.75, 3.05) is 13.1 Å². The molecule has 106 valence electrons. The van der Waals surface area contributed by atoms with Gasteiger partial charge >= 0.3 is 0 Å². The SMILES string of the molecule is CCCCc1noc(CN2CCC[C@@H](C(N)=O)C2)n1. The standard InChI is InChI=1S/C13H22N4O2/c1-2-3-6-11-15-12(19-16-11)9-17-7-4-5-10(8-17)13(14)18/h10H,2-9H2,1H3,(H2,14,18)/t10-/m1/s1. The molecule has 0 unspecified atom stereocenters. The minimum atomic E-state index is -0.209. The van der Waals surface area contributed by atoms with E-state index >= 15 is 0 Å². The minimum absolute atomic E-state index is 0.0452. The summed E-state index contributed by atoms with van der Waals surface area (Å²) in [6, 6.07) is 0. The van der Waals surface area contributed by atoms with Crippen LogP contribution in [0.4, 0.5) is 0 Å². The topological polar surface area (TPSA) is 85.3 Å². The molecule has 1 aliphatic heterocycles. The molecular weight excluding hydrogens is 244 g/mol. The van der Waals surface area contributed by atoms with E-state index in [9.17, 15) is 4.79 Å². The summed E-state index contributed by atoms with van der Waals surface area (Å²) in [5.74, 6) is 1.16. The molecule has 0 bridgehead atoms. The summed E-state index contributed by atoms with van der Waals surface area (Å²) >= 11 is 0. The van der Waals surface area contributed by atoms with Gasteiger partial charge in [0.25, 0.3) is 0 Å². The van der Waals surface area contributed by atoms with Crippen molar-refractivity contribution >= 4 is 5.91 Å². The monoisotopic (exact) mass is 266 g/mol. The third-order valence-corrected chi connectivity index (χ3v) is 3.53. The van der Waals surface area contributed by atoms with Gasteiger partial charge in [-0.05, 0) is 25.8 Å². The number of amides is 1. The van der Waals surface area contributed by atoms with Crippen molar-refractivity contribution in [3.63, 3.8) is 0 Å². The van der Waals surface area contributed by atoms with Gasteiger partial charge in [-0.2, -0.15) is 4.98 Å². The first kappa shape index (κ1) is 14.0. The highest BCUT2D eigenvalue weighted by molar-refractivity contribution is 5.76. The Morgan fingerprint density at radius 1 is 1.58 bits per heavy atom. The number of primary amides is 1. The lowest BCUT2D eigenvalue weighted by molar-refractivity contribution is -0.123. The third-order valence-electron chi connectivity index (χ3n) is 3.53. The highest BCUT2D eigenvalue weighted by atomic mass is 16.5. The lowest BCUT2D eigenvalue weighted by Gasteiger charge is -2.29. The van der Waals surface area contributed by atoms with Gasteiger partial charge in [0.05, 0.1) is 12.5 Å². The zero-order valence-electron chi connectivity index (χ0n) is 11.5. The molecule has 1 atom stereocenters. The van der Waals surface area contributed by atoms with Crippen LogP contribution in [0.3, 0.4) is 0 Å². The van der Waals surface area contributed by atoms with Gasteiger partial charge in [-0.25, -0.2) is 0 Å². The highest BCUT2D eigenvalue weighted by Gasteiger charge is 2.25. The van der Waals surface area contributed by atoms with Crippen LogP contribution in [0.25, 0.3) is 0 Å². The first-order valence-corrected chi connectivity index (χ1v) is 7.02. The number of hydrogen-bond acceptors (Lipinski definition) is 5. The van der Waals surface area contributed by atoms with Gasteiger partial charge in [0.15, 0.2) is 5.82 Å². The van der Waals surface area contributed by atoms with E-state index in [1.54, 1.807) is 0 Å². The number of rotatable bonds is 6. The molecule has 19 heavy (non-hydrogen) atoms. The Hall–Kier alpha value is -1.43. The predicted octanol–water partition coefficient (Wildman–Crippen LogP) is 1.11. The van der Waals surface area contributed by atoms with E-state index in [4.69, 9.17) is 10.3 Å². The van der Waals surface area contributed by atoms with E-state index in [0.717, 1.165) is 44.5 Å². The molecule has 2 rings (SSSR count). The van der Waals surface area contributed by atoms with Crippen LogP contribution in [-0.2, 0) is 17.8 Å². The molecule has 1 aliphatic rings. The van der Waals surface area contributed by atoms with Gasteiger partial charge in [-0.15, -0.1) is 0 Å². The lowest BCUT2D eigenvalue weighted by atomic mass is 9.97. The Morgan fingerprint density at radius 2 is 2.42 bits per heavy atom. The summed E-state index contributed by atoms with van der Waals surface area (Å²) in [4.78, 5) is 17.8. The van der Waals surface area contributed by atoms with Crippen molar-refractivity contribution in [1.82, 2.24) is 15.0 Å². The molecule has 0 saturated carbocycles. The van der Waals surface area contributed by atoms with Gasteiger partial charge in [-0.3, -0.25) is 9.69 Å². The molecule has 1 aromatic rings. The Balaban J connectivity index is 1.86. The number of aryl methyl sites for hydroxylation is 1. The van der Waals surface area contributed by atoms with Crippen molar-refractivity contribution in [2.45, 2.75) is 45.6 Å². The van der Waals surface area contributed by atoms with Crippen molar-refractivity contribution < 1.29 is 9.32 Å². The molecule has 0 aromatic carbocycles. The van der Waals surface area contributed by atoms with Gasteiger partial charge in [-0.1, -0.05) is 18.5 Å². The number of piperidine rings is 1. The predicted molar refractivity (Wildman–Crippen MR) is 70.1 cm³/mol. The number of hydrogen-bond donors (Lipinski definition) is 1. The first-order chi connectivity index (χ1) is 9.19. The Labute approximate surface area is 113 Å². The maximum absolute atomic E-state index is 11.2. The lowest BCUT2D eigenvalue weighted by Crippen LogP contribution is -2.40. The Bertz CT molecular complexity index is 419. The second-order valence-electron chi connectivity index (χ2n) is 5.18. The quantitative estimate of drug-likeness (QED) is 0.833. The molecule has 2 heterocycles. The van der Waals surface area contributed by atoms with E-state index in [0.29, 0.717) is 19.0 Å². The smallest absolute Gasteiger partial charge is 0.240 e. The fourth-order valence-corrected chi connectivity index (χ4v) is 2.41. The van der Waals surface area contributed by atoms with Crippen LogP contribution in [0.2, 0.25) is 0 Å². The maximum Gasteiger partial charge on any atom is 0.240 e. The van der Waals surface area contributed by atoms with Crippen LogP contribution >= 0.6 is 0 Å². The normalized spacial score (nSPS) is 20.6. The molecule has 6 nitrogen and oxygen atoms in total. The number of aromatic nitrogens is 2. The summed E-state index contributed by atoms with van der Waals surface area (Å²) in [6.45, 7) is 4.40. The van der Waals surface area contributed by atoms with Crippen LogP contribution in [0.15, 0.2) is 4.52 Å². The average molecular weight is 266 g/mol. The van der Waals surface area contributed by atoms with Gasteiger partial charge < -0.3 is 10.3 Å². The maximum atomic E-state index is 11.2. The van der Waals surface area contributed by atoms with Crippen LogP contribution in [0, 0.1) is 5.92 Å². The Kier molecular flexibility index (Phi) is 4.90. The summed E-state index contributed by atoms with van der Waals surface area (Å²) in [5.41, 5.74) is 5.36. The van der Waals surface area contributed by atoms with E-state index < -0.39 is 0 Å². The van der Waals surface area contributed by atoms with Crippen molar-refractivity contribution in [3.05, 3.63) is 11.7 Å². The van der Waals surface area contributed by atoms with Crippen LogP contribution in [0.1, 0.15) is 44.3 Å². The van der Waals surface area contributed by atoms with E-state index in [2.05, 4.69) is 22.0 Å². The van der Waals surface area contributed by atoms with Crippen molar-refractivity contribution in [1.29, 1.82) is 0 Å². The second-order valence-corrected chi connectivity index (χ2v) is 5.18. The third kappa shape index (κ3) is 4.02. The molecule has 1 aromatic heterocycles. The largest absolute Gasteiger partial charge is 0.369 e. The minimum Gasteiger partial charge on any atom is -0.369 e. The van der Waals surface area contributed by atoms with Crippen LogP contribution < -0.4 is 5.73 Å². The second kappa shape index (κ2) is 6.65. The van der Waals surface area contributed by atoms with E-state index in [-0.39, 0.29) is 11.8 Å². The van der Waals surface area contributed by atoms with E-state index in [1.807, 2.05) is 0 Å². The van der Waals surface area contributed by atoms with E-state index in [1.165, 1.54) is 0 Å². The zero-order chi connectivity index (χ0) is 13.7. The molecule has 0 spiro atoms. The molecule has 2 N–H and O–H groups in total. The summed E-state index contributed by atoms with van der Waals surface area (Å²) in [5, 5.41) is 3.97. The fourth-order valence-electron chi connectivity index (χ4n) is 2.41. The number of carbonyl (C=O) groups is 1.